The zero-order chi connectivity index (χ0) is 14.3. The van der Waals surface area contributed by atoms with Crippen LogP contribution in [0.15, 0.2) is 18.2 Å². The summed E-state index contributed by atoms with van der Waals surface area (Å²) in [6, 6.07) is 5.49. The molecule has 106 valence electrons. The number of hydrogen-bond acceptors (Lipinski definition) is 4. The molecule has 0 spiro atoms. The van der Waals surface area contributed by atoms with E-state index in [1.807, 2.05) is 26.0 Å². The number of likely N-dealkylation sites (N-methyl/N-ethyl adjacent to an activating group) is 1. The molecule has 1 aromatic rings. The summed E-state index contributed by atoms with van der Waals surface area (Å²) in [6.45, 7) is 5.46. The van der Waals surface area contributed by atoms with E-state index < -0.39 is 0 Å². The molecule has 19 heavy (non-hydrogen) atoms. The predicted molar refractivity (Wildman–Crippen MR) is 74.3 cm³/mol. The quantitative estimate of drug-likeness (QED) is 0.810. The summed E-state index contributed by atoms with van der Waals surface area (Å²) in [7, 11) is 1.74. The lowest BCUT2D eigenvalue weighted by Crippen LogP contribution is -2.31. The third-order valence-electron chi connectivity index (χ3n) is 2.79. The molecule has 0 aliphatic carbocycles. The van der Waals surface area contributed by atoms with Crippen molar-refractivity contribution in [3.63, 3.8) is 0 Å². The first kappa shape index (κ1) is 15.3. The molecule has 0 fully saturated rings. The molecule has 0 aromatic heterocycles. The van der Waals surface area contributed by atoms with E-state index in [0.717, 1.165) is 5.56 Å². The van der Waals surface area contributed by atoms with Crippen molar-refractivity contribution in [2.24, 2.45) is 5.73 Å². The van der Waals surface area contributed by atoms with Crippen LogP contribution < -0.4 is 15.2 Å². The molecule has 1 amide bonds. The Morgan fingerprint density at radius 3 is 2.58 bits per heavy atom. The number of nitrogens with two attached hydrogens (primary N) is 1. The minimum Gasteiger partial charge on any atom is -0.490 e. The molecule has 0 aliphatic heterocycles. The second-order valence-electron chi connectivity index (χ2n) is 4.11. The monoisotopic (exact) mass is 266 g/mol. The Balaban J connectivity index is 2.74. The van der Waals surface area contributed by atoms with Crippen molar-refractivity contribution in [1.82, 2.24) is 4.90 Å². The summed E-state index contributed by atoms with van der Waals surface area (Å²) in [5.41, 5.74) is 6.55. The van der Waals surface area contributed by atoms with Gasteiger partial charge >= 0.3 is 0 Å². The van der Waals surface area contributed by atoms with E-state index in [9.17, 15) is 4.79 Å². The van der Waals surface area contributed by atoms with Gasteiger partial charge in [-0.2, -0.15) is 0 Å². The highest BCUT2D eigenvalue weighted by atomic mass is 16.5. The Kier molecular flexibility index (Phi) is 6.15. The fraction of sp³-hybridized carbons (Fsp3) is 0.500. The van der Waals surface area contributed by atoms with Gasteiger partial charge in [-0.3, -0.25) is 4.79 Å². The Morgan fingerprint density at radius 2 is 2.00 bits per heavy atom. The smallest absolute Gasteiger partial charge is 0.260 e. The number of ether oxygens (including phenoxy) is 2. The molecule has 1 rings (SSSR count). The first-order chi connectivity index (χ1) is 9.12. The fourth-order valence-electron chi connectivity index (χ4n) is 1.49. The van der Waals surface area contributed by atoms with Crippen molar-refractivity contribution >= 4 is 5.91 Å². The number of carbonyl (C=O) groups is 1. The second-order valence-corrected chi connectivity index (χ2v) is 4.11. The highest BCUT2D eigenvalue weighted by Gasteiger charge is 2.11. The number of amides is 1. The van der Waals surface area contributed by atoms with Crippen LogP contribution in [0.2, 0.25) is 0 Å². The van der Waals surface area contributed by atoms with Crippen LogP contribution in [0.1, 0.15) is 19.4 Å². The van der Waals surface area contributed by atoms with Gasteiger partial charge in [-0.15, -0.1) is 0 Å². The second kappa shape index (κ2) is 7.63. The van der Waals surface area contributed by atoms with Crippen molar-refractivity contribution in [3.05, 3.63) is 23.8 Å². The zero-order valence-corrected chi connectivity index (χ0v) is 11.8. The molecular formula is C14H22N2O3. The van der Waals surface area contributed by atoms with Crippen LogP contribution in [-0.2, 0) is 11.3 Å². The molecule has 0 atom stereocenters. The van der Waals surface area contributed by atoms with Crippen molar-refractivity contribution in [1.29, 1.82) is 0 Å². The molecule has 0 radical (unpaired) electrons. The van der Waals surface area contributed by atoms with Gasteiger partial charge in [-0.1, -0.05) is 6.07 Å². The highest BCUT2D eigenvalue weighted by molar-refractivity contribution is 5.77. The van der Waals surface area contributed by atoms with Crippen LogP contribution in [0, 0.1) is 0 Å². The molecule has 5 nitrogen and oxygen atoms in total. The molecule has 0 saturated heterocycles. The number of rotatable bonds is 7. The maximum absolute atomic E-state index is 11.7. The SMILES string of the molecule is CCOc1cc(CN)ccc1OCC(=O)N(C)CC. The van der Waals surface area contributed by atoms with Gasteiger partial charge in [0.1, 0.15) is 0 Å². The lowest BCUT2D eigenvalue weighted by Gasteiger charge is -2.16. The van der Waals surface area contributed by atoms with E-state index >= 15 is 0 Å². The van der Waals surface area contributed by atoms with Gasteiger partial charge in [-0.05, 0) is 31.5 Å². The normalized spacial score (nSPS) is 10.1. The molecule has 0 saturated carbocycles. The summed E-state index contributed by atoms with van der Waals surface area (Å²) < 4.78 is 11.0. The first-order valence-corrected chi connectivity index (χ1v) is 6.44. The number of benzene rings is 1. The summed E-state index contributed by atoms with van der Waals surface area (Å²) in [6.07, 6.45) is 0. The summed E-state index contributed by atoms with van der Waals surface area (Å²) >= 11 is 0. The lowest BCUT2D eigenvalue weighted by molar-refractivity contribution is -0.131. The van der Waals surface area contributed by atoms with Crippen LogP contribution in [0.25, 0.3) is 0 Å². The summed E-state index contributed by atoms with van der Waals surface area (Å²) in [4.78, 5) is 13.3. The number of nitrogens with zero attached hydrogens (tertiary/aromatic N) is 1. The average molecular weight is 266 g/mol. The summed E-state index contributed by atoms with van der Waals surface area (Å²) in [5.74, 6) is 1.13. The van der Waals surface area contributed by atoms with Crippen LogP contribution in [0.4, 0.5) is 0 Å². The van der Waals surface area contributed by atoms with Crippen LogP contribution in [0.5, 0.6) is 11.5 Å². The van der Waals surface area contributed by atoms with E-state index in [1.165, 1.54) is 0 Å². The molecule has 0 bridgehead atoms. The van der Waals surface area contributed by atoms with E-state index in [-0.39, 0.29) is 12.5 Å². The Labute approximate surface area is 114 Å². The van der Waals surface area contributed by atoms with Gasteiger partial charge in [0.05, 0.1) is 6.61 Å². The minimum atomic E-state index is -0.0622. The zero-order valence-electron chi connectivity index (χ0n) is 11.8. The molecule has 2 N–H and O–H groups in total. The summed E-state index contributed by atoms with van der Waals surface area (Å²) in [5, 5.41) is 0. The third kappa shape index (κ3) is 4.44. The van der Waals surface area contributed by atoms with Crippen molar-refractivity contribution in [3.8, 4) is 11.5 Å². The standard InChI is InChI=1S/C14H22N2O3/c1-4-16(3)14(17)10-19-12-7-6-11(9-15)8-13(12)18-5-2/h6-8H,4-5,9-10,15H2,1-3H3. The van der Waals surface area contributed by atoms with Crippen LogP contribution >= 0.6 is 0 Å². The molecule has 1 aromatic carbocycles. The Hall–Kier alpha value is -1.75. The largest absolute Gasteiger partial charge is 0.490 e. The van der Waals surface area contributed by atoms with E-state index in [2.05, 4.69) is 0 Å². The van der Waals surface area contributed by atoms with Crippen molar-refractivity contribution < 1.29 is 14.3 Å². The van der Waals surface area contributed by atoms with Crippen LogP contribution in [0.3, 0.4) is 0 Å². The minimum absolute atomic E-state index is 0.00634. The highest BCUT2D eigenvalue weighted by Crippen LogP contribution is 2.28. The van der Waals surface area contributed by atoms with Gasteiger partial charge in [0.2, 0.25) is 0 Å². The predicted octanol–water partition coefficient (Wildman–Crippen LogP) is 1.40. The lowest BCUT2D eigenvalue weighted by atomic mass is 10.2. The maximum atomic E-state index is 11.7. The first-order valence-electron chi connectivity index (χ1n) is 6.44. The molecule has 0 heterocycles. The maximum Gasteiger partial charge on any atom is 0.260 e. The third-order valence-corrected chi connectivity index (χ3v) is 2.79. The van der Waals surface area contributed by atoms with Crippen molar-refractivity contribution in [2.75, 3.05) is 26.8 Å². The average Bonchev–Trinajstić information content (AvgIpc) is 2.44. The topological polar surface area (TPSA) is 64.8 Å². The molecule has 5 heteroatoms. The molecule has 0 aliphatic rings. The molecule has 0 unspecified atom stereocenters. The fourth-order valence-corrected chi connectivity index (χ4v) is 1.49. The number of hydrogen-bond donors (Lipinski definition) is 1. The Bertz CT molecular complexity index is 421. The van der Waals surface area contributed by atoms with Gasteiger partial charge in [-0.25, -0.2) is 0 Å². The van der Waals surface area contributed by atoms with Crippen molar-refractivity contribution in [2.45, 2.75) is 20.4 Å². The van der Waals surface area contributed by atoms with Gasteiger partial charge < -0.3 is 20.1 Å². The van der Waals surface area contributed by atoms with E-state index in [4.69, 9.17) is 15.2 Å². The van der Waals surface area contributed by atoms with Gasteiger partial charge in [0.15, 0.2) is 18.1 Å². The Morgan fingerprint density at radius 1 is 1.26 bits per heavy atom. The van der Waals surface area contributed by atoms with Crippen LogP contribution in [-0.4, -0.2) is 37.6 Å². The number of carbonyl (C=O) groups excluding carboxylic acids is 1. The van der Waals surface area contributed by atoms with Gasteiger partial charge in [0.25, 0.3) is 5.91 Å². The van der Waals surface area contributed by atoms with Gasteiger partial charge in [0, 0.05) is 20.1 Å². The van der Waals surface area contributed by atoms with E-state index in [1.54, 1.807) is 18.0 Å². The molecular weight excluding hydrogens is 244 g/mol. The van der Waals surface area contributed by atoms with E-state index in [0.29, 0.717) is 31.2 Å².